The molecule has 1 radical (unpaired) electrons. The third-order valence-electron chi connectivity index (χ3n) is 0. The SMILES string of the molecule is OB(O)O.[H-].[Li+].[Mn]. The van der Waals surface area contributed by atoms with Crippen molar-refractivity contribution in [3.05, 3.63) is 0 Å². The molecule has 0 aliphatic carbocycles. The van der Waals surface area contributed by atoms with Crippen molar-refractivity contribution in [1.82, 2.24) is 0 Å². The van der Waals surface area contributed by atoms with Crippen LogP contribution in [0.15, 0.2) is 0 Å². The first-order valence-electron chi connectivity index (χ1n) is 0.775. The molecule has 0 rings (SSSR count). The molecule has 0 bridgehead atoms. The molecule has 3 N–H and O–H groups in total. The maximum absolute atomic E-state index is 7.17. The van der Waals surface area contributed by atoms with Crippen LogP contribution < -0.4 is 18.9 Å². The molecule has 0 aromatic heterocycles. The van der Waals surface area contributed by atoms with Gasteiger partial charge in [-0.25, -0.2) is 0 Å². The van der Waals surface area contributed by atoms with E-state index in [0.717, 1.165) is 0 Å². The van der Waals surface area contributed by atoms with Crippen molar-refractivity contribution in [3.63, 3.8) is 0 Å². The zero-order valence-corrected chi connectivity index (χ0v) is 4.48. The summed E-state index contributed by atoms with van der Waals surface area (Å²) in [6.07, 6.45) is 0. The van der Waals surface area contributed by atoms with Crippen molar-refractivity contribution < 1.29 is 52.4 Å². The average molecular weight is 125 g/mol. The minimum absolute atomic E-state index is 0. The Morgan fingerprint density at radius 1 is 1.17 bits per heavy atom. The smallest absolute Gasteiger partial charge is 1.00 e. The predicted molar refractivity (Wildman–Crippen MR) is 13.5 cm³/mol. The van der Waals surface area contributed by atoms with Gasteiger partial charge in [-0.05, 0) is 0 Å². The van der Waals surface area contributed by atoms with Crippen molar-refractivity contribution in [2.75, 3.05) is 0 Å². The van der Waals surface area contributed by atoms with Crippen LogP contribution in [-0.2, 0) is 17.1 Å². The maximum atomic E-state index is 7.17. The summed E-state index contributed by atoms with van der Waals surface area (Å²) < 4.78 is 0. The van der Waals surface area contributed by atoms with E-state index in [1.807, 2.05) is 0 Å². The van der Waals surface area contributed by atoms with Gasteiger partial charge in [0.1, 0.15) is 0 Å². The van der Waals surface area contributed by atoms with Crippen molar-refractivity contribution in [2.45, 2.75) is 0 Å². The topological polar surface area (TPSA) is 60.7 Å². The zero-order valence-electron chi connectivity index (χ0n) is 4.30. The number of hydrogen-bond donors (Lipinski definition) is 3. The van der Waals surface area contributed by atoms with Crippen LogP contribution in [0.3, 0.4) is 0 Å². The fourth-order valence-electron chi connectivity index (χ4n) is 0. The van der Waals surface area contributed by atoms with Crippen LogP contribution in [0.5, 0.6) is 0 Å². The molecule has 0 unspecified atom stereocenters. The second kappa shape index (κ2) is 9.41. The first-order chi connectivity index (χ1) is 1.73. The number of hydrogen-bond acceptors (Lipinski definition) is 3. The molecule has 6 heteroatoms. The molecule has 0 heterocycles. The third kappa shape index (κ3) is 74.1. The van der Waals surface area contributed by atoms with E-state index >= 15 is 0 Å². The van der Waals surface area contributed by atoms with E-state index in [1.54, 1.807) is 0 Å². The molecule has 3 nitrogen and oxygen atoms in total. The van der Waals surface area contributed by atoms with Crippen molar-refractivity contribution in [3.8, 4) is 0 Å². The molecule has 0 saturated heterocycles. The van der Waals surface area contributed by atoms with E-state index in [4.69, 9.17) is 15.1 Å². The van der Waals surface area contributed by atoms with Gasteiger partial charge in [0.2, 0.25) is 0 Å². The molecule has 0 fully saturated rings. The Hall–Kier alpha value is 1.06. The maximum Gasteiger partial charge on any atom is 1.00 e. The summed E-state index contributed by atoms with van der Waals surface area (Å²) in [6.45, 7) is 0. The van der Waals surface area contributed by atoms with Gasteiger partial charge in [0, 0.05) is 17.1 Å². The van der Waals surface area contributed by atoms with Crippen LogP contribution in [0.1, 0.15) is 1.43 Å². The largest absolute Gasteiger partial charge is 1.00 e. The molecule has 0 aromatic carbocycles. The summed E-state index contributed by atoms with van der Waals surface area (Å²) in [5.74, 6) is 0. The summed E-state index contributed by atoms with van der Waals surface area (Å²) >= 11 is 0. The van der Waals surface area contributed by atoms with Crippen molar-refractivity contribution in [1.29, 1.82) is 0 Å². The first kappa shape index (κ1) is 15.7. The Balaban J connectivity index is -0.0000000150. The summed E-state index contributed by atoms with van der Waals surface area (Å²) in [4.78, 5) is 0. The molecule has 0 spiro atoms. The van der Waals surface area contributed by atoms with E-state index in [1.165, 1.54) is 0 Å². The molecule has 0 aliphatic heterocycles. The second-order valence-corrected chi connectivity index (χ2v) is 0.346. The molecule has 6 heavy (non-hydrogen) atoms. The van der Waals surface area contributed by atoms with Crippen molar-refractivity contribution >= 4 is 7.32 Å². The van der Waals surface area contributed by atoms with E-state index in [9.17, 15) is 0 Å². The van der Waals surface area contributed by atoms with Gasteiger partial charge in [-0.1, -0.05) is 0 Å². The van der Waals surface area contributed by atoms with Gasteiger partial charge in [0.15, 0.2) is 0 Å². The van der Waals surface area contributed by atoms with E-state index < -0.39 is 7.32 Å². The van der Waals surface area contributed by atoms with Gasteiger partial charge >= 0.3 is 26.2 Å². The summed E-state index contributed by atoms with van der Waals surface area (Å²) in [5.41, 5.74) is 0. The van der Waals surface area contributed by atoms with Crippen LogP contribution in [0, 0.1) is 0 Å². The molecule has 0 amide bonds. The molecular formula is H4BLiMnO3. The van der Waals surface area contributed by atoms with Crippen LogP contribution >= 0.6 is 0 Å². The van der Waals surface area contributed by atoms with Gasteiger partial charge in [0.25, 0.3) is 0 Å². The third-order valence-corrected chi connectivity index (χ3v) is 0. The number of rotatable bonds is 0. The van der Waals surface area contributed by atoms with Crippen molar-refractivity contribution in [2.24, 2.45) is 0 Å². The summed E-state index contributed by atoms with van der Waals surface area (Å²) in [7, 11) is -2.17. The molecule has 0 atom stereocenters. The van der Waals surface area contributed by atoms with Gasteiger partial charge in [-0.15, -0.1) is 0 Å². The van der Waals surface area contributed by atoms with E-state index in [-0.39, 0.29) is 37.4 Å². The standard InChI is InChI=1S/BH3O3.Li.Mn.H/c2-1(3)4;;;/h2-4H;;;/q;+1;;-1. The monoisotopic (exact) mass is 125 g/mol. The molecular weight excluding hydrogens is 121 g/mol. The van der Waals surface area contributed by atoms with Gasteiger partial charge in [-0.3, -0.25) is 0 Å². The van der Waals surface area contributed by atoms with Crippen LogP contribution in [-0.4, -0.2) is 22.4 Å². The molecule has 0 aromatic rings. The normalized spacial score (nSPS) is 4.50. The summed E-state index contributed by atoms with van der Waals surface area (Å²) in [5, 5.41) is 21.5. The van der Waals surface area contributed by atoms with Gasteiger partial charge < -0.3 is 16.5 Å². The quantitative estimate of drug-likeness (QED) is 0.284. The van der Waals surface area contributed by atoms with Crippen LogP contribution in [0.25, 0.3) is 0 Å². The predicted octanol–water partition coefficient (Wildman–Crippen LogP) is -4.94. The molecule has 0 aliphatic rings. The minimum atomic E-state index is -2.17. The Morgan fingerprint density at radius 2 is 1.17 bits per heavy atom. The zero-order chi connectivity index (χ0) is 3.58. The Kier molecular flexibility index (Phi) is 24.7. The van der Waals surface area contributed by atoms with Crippen LogP contribution in [0.4, 0.5) is 0 Å². The van der Waals surface area contributed by atoms with E-state index in [2.05, 4.69) is 0 Å². The Labute approximate surface area is 60.1 Å². The fourth-order valence-corrected chi connectivity index (χ4v) is 0. The summed E-state index contributed by atoms with van der Waals surface area (Å²) in [6, 6.07) is 0. The average Bonchev–Trinajstić information content (AvgIpc) is 0.811. The first-order valence-corrected chi connectivity index (χ1v) is 0.775. The second-order valence-electron chi connectivity index (χ2n) is 0.346. The van der Waals surface area contributed by atoms with Gasteiger partial charge in [0.05, 0.1) is 0 Å². The Bertz CT molecular complexity index is 19.7. The fraction of sp³-hybridized carbons (Fsp3) is 0. The van der Waals surface area contributed by atoms with E-state index in [0.29, 0.717) is 0 Å². The Morgan fingerprint density at radius 3 is 1.17 bits per heavy atom. The van der Waals surface area contributed by atoms with Gasteiger partial charge in [-0.2, -0.15) is 0 Å². The van der Waals surface area contributed by atoms with Crippen LogP contribution in [0.2, 0.25) is 0 Å². The molecule has 0 saturated carbocycles. The molecule has 33 valence electrons. The minimum Gasteiger partial charge on any atom is -1.00 e.